The van der Waals surface area contributed by atoms with Crippen LogP contribution >= 0.6 is 0 Å². The van der Waals surface area contributed by atoms with Gasteiger partial charge in [0.05, 0.1) is 5.41 Å². The zero-order chi connectivity index (χ0) is 14.5. The Hall–Kier alpha value is -1.46. The summed E-state index contributed by atoms with van der Waals surface area (Å²) < 4.78 is 63.4. The minimum absolute atomic E-state index is 0.208. The van der Waals surface area contributed by atoms with Crippen molar-refractivity contribution in [2.24, 2.45) is 0 Å². The standard InChI is InChI=1S/C13H11F5O/c1-8(19)11(5-6-11)9-3-2-4-10(7-9)12(14,15)13(16,17)18/h2-4,7H,5-6H2,1H3. The number of carbonyl (C=O) groups is 1. The van der Waals surface area contributed by atoms with E-state index in [0.717, 1.165) is 18.2 Å². The molecule has 0 unspecified atom stereocenters. The highest BCUT2D eigenvalue weighted by Crippen LogP contribution is 2.51. The smallest absolute Gasteiger partial charge is 0.299 e. The van der Waals surface area contributed by atoms with Crippen molar-refractivity contribution in [2.45, 2.75) is 37.3 Å². The van der Waals surface area contributed by atoms with Crippen LogP contribution in [0.2, 0.25) is 0 Å². The van der Waals surface area contributed by atoms with E-state index < -0.39 is 23.1 Å². The van der Waals surface area contributed by atoms with Crippen molar-refractivity contribution in [1.82, 2.24) is 0 Å². The molecule has 0 heterocycles. The summed E-state index contributed by atoms with van der Waals surface area (Å²) in [7, 11) is 0. The molecular formula is C13H11F5O. The third kappa shape index (κ3) is 2.13. The van der Waals surface area contributed by atoms with E-state index in [0.29, 0.717) is 12.8 Å². The van der Waals surface area contributed by atoms with E-state index in [1.807, 2.05) is 0 Å². The molecule has 1 aromatic rings. The number of carbonyl (C=O) groups excluding carboxylic acids is 1. The SMILES string of the molecule is CC(=O)C1(c2cccc(C(F)(F)C(F)(F)F)c2)CC1. The van der Waals surface area contributed by atoms with Crippen LogP contribution in [-0.4, -0.2) is 12.0 Å². The zero-order valence-electron chi connectivity index (χ0n) is 10.0. The van der Waals surface area contributed by atoms with Gasteiger partial charge in [0.2, 0.25) is 0 Å². The molecule has 0 amide bonds. The van der Waals surface area contributed by atoms with Crippen LogP contribution < -0.4 is 0 Å². The van der Waals surface area contributed by atoms with Gasteiger partial charge in [-0.05, 0) is 31.4 Å². The molecule has 104 valence electrons. The molecule has 0 radical (unpaired) electrons. The number of benzene rings is 1. The molecule has 0 aliphatic heterocycles. The summed E-state index contributed by atoms with van der Waals surface area (Å²) >= 11 is 0. The minimum Gasteiger partial charge on any atom is -0.299 e. The van der Waals surface area contributed by atoms with E-state index in [2.05, 4.69) is 0 Å². The first kappa shape index (κ1) is 14.0. The van der Waals surface area contributed by atoms with Gasteiger partial charge in [-0.1, -0.05) is 18.2 Å². The van der Waals surface area contributed by atoms with E-state index in [4.69, 9.17) is 0 Å². The monoisotopic (exact) mass is 278 g/mol. The lowest BCUT2D eigenvalue weighted by Crippen LogP contribution is -2.34. The summed E-state index contributed by atoms with van der Waals surface area (Å²) in [6.07, 6.45) is -4.66. The third-order valence-electron chi connectivity index (χ3n) is 3.56. The number of alkyl halides is 5. The quantitative estimate of drug-likeness (QED) is 0.765. The number of hydrogen-bond donors (Lipinski definition) is 0. The first-order valence-electron chi connectivity index (χ1n) is 5.68. The second-order valence-corrected chi connectivity index (χ2v) is 4.79. The maximum Gasteiger partial charge on any atom is 0.458 e. The number of rotatable bonds is 3. The predicted molar refractivity (Wildman–Crippen MR) is 58.0 cm³/mol. The summed E-state index contributed by atoms with van der Waals surface area (Å²) in [4.78, 5) is 11.5. The molecule has 19 heavy (non-hydrogen) atoms. The molecule has 0 saturated heterocycles. The first-order valence-corrected chi connectivity index (χ1v) is 5.68. The highest BCUT2D eigenvalue weighted by Gasteiger charge is 2.59. The van der Waals surface area contributed by atoms with E-state index in [1.165, 1.54) is 13.0 Å². The summed E-state index contributed by atoms with van der Waals surface area (Å²) in [6.45, 7) is 1.32. The Bertz CT molecular complexity index is 514. The van der Waals surface area contributed by atoms with E-state index >= 15 is 0 Å². The average molecular weight is 278 g/mol. The highest BCUT2D eigenvalue weighted by molar-refractivity contribution is 5.91. The van der Waals surface area contributed by atoms with Crippen molar-refractivity contribution in [1.29, 1.82) is 0 Å². The molecule has 1 aliphatic carbocycles. The molecule has 1 aliphatic rings. The molecule has 6 heteroatoms. The molecule has 0 aromatic heterocycles. The number of ketones is 1. The van der Waals surface area contributed by atoms with Crippen LogP contribution in [0, 0.1) is 0 Å². The summed E-state index contributed by atoms with van der Waals surface area (Å²) in [5.41, 5.74) is -1.75. The van der Waals surface area contributed by atoms with Crippen molar-refractivity contribution in [3.63, 3.8) is 0 Å². The van der Waals surface area contributed by atoms with Gasteiger partial charge >= 0.3 is 12.1 Å². The van der Waals surface area contributed by atoms with Gasteiger partial charge in [-0.25, -0.2) is 0 Å². The van der Waals surface area contributed by atoms with Gasteiger partial charge < -0.3 is 0 Å². The number of hydrogen-bond acceptors (Lipinski definition) is 1. The predicted octanol–water partition coefficient (Wildman–Crippen LogP) is 3.96. The van der Waals surface area contributed by atoms with Crippen molar-refractivity contribution in [3.8, 4) is 0 Å². The minimum atomic E-state index is -5.64. The summed E-state index contributed by atoms with van der Waals surface area (Å²) in [5, 5.41) is 0. The fraction of sp³-hybridized carbons (Fsp3) is 0.462. The molecule has 1 nitrogen and oxygen atoms in total. The Labute approximate surface area is 106 Å². The van der Waals surface area contributed by atoms with Crippen molar-refractivity contribution >= 4 is 5.78 Å². The van der Waals surface area contributed by atoms with Gasteiger partial charge in [0.1, 0.15) is 5.78 Å². The number of halogens is 5. The van der Waals surface area contributed by atoms with Gasteiger partial charge in [0.25, 0.3) is 0 Å². The van der Waals surface area contributed by atoms with E-state index in [-0.39, 0.29) is 11.3 Å². The Morgan fingerprint density at radius 2 is 1.74 bits per heavy atom. The van der Waals surface area contributed by atoms with Gasteiger partial charge in [-0.2, -0.15) is 22.0 Å². The lowest BCUT2D eigenvalue weighted by atomic mass is 9.90. The van der Waals surface area contributed by atoms with Crippen molar-refractivity contribution in [3.05, 3.63) is 35.4 Å². The molecular weight excluding hydrogens is 267 g/mol. The topological polar surface area (TPSA) is 17.1 Å². The zero-order valence-corrected chi connectivity index (χ0v) is 10.0. The summed E-state index contributed by atoms with van der Waals surface area (Å²) in [5.74, 6) is -5.12. The molecule has 0 atom stereocenters. The molecule has 0 bridgehead atoms. The van der Waals surface area contributed by atoms with Crippen LogP contribution in [0.3, 0.4) is 0 Å². The van der Waals surface area contributed by atoms with Crippen LogP contribution in [0.1, 0.15) is 30.9 Å². The van der Waals surface area contributed by atoms with Crippen LogP contribution in [0.25, 0.3) is 0 Å². The molecule has 1 saturated carbocycles. The third-order valence-corrected chi connectivity index (χ3v) is 3.56. The molecule has 0 N–H and O–H groups in total. The fourth-order valence-electron chi connectivity index (χ4n) is 2.14. The molecule has 1 aromatic carbocycles. The van der Waals surface area contributed by atoms with Crippen molar-refractivity contribution < 1.29 is 26.7 Å². The molecule has 0 spiro atoms. The summed E-state index contributed by atoms with van der Waals surface area (Å²) in [6, 6.07) is 4.08. The van der Waals surface area contributed by atoms with Crippen molar-refractivity contribution in [2.75, 3.05) is 0 Å². The second kappa shape index (κ2) is 4.02. The van der Waals surface area contributed by atoms with Crippen LogP contribution in [0.5, 0.6) is 0 Å². The second-order valence-electron chi connectivity index (χ2n) is 4.79. The maximum absolute atomic E-state index is 13.2. The fourth-order valence-corrected chi connectivity index (χ4v) is 2.14. The highest BCUT2D eigenvalue weighted by atomic mass is 19.4. The Balaban J connectivity index is 2.44. The normalized spacial score (nSPS) is 18.2. The van der Waals surface area contributed by atoms with Gasteiger partial charge in [-0.15, -0.1) is 0 Å². The Morgan fingerprint density at radius 3 is 2.16 bits per heavy atom. The largest absolute Gasteiger partial charge is 0.458 e. The lowest BCUT2D eigenvalue weighted by molar-refractivity contribution is -0.289. The Kier molecular flexibility index (Phi) is 2.95. The average Bonchev–Trinajstić information content (AvgIpc) is 3.08. The Morgan fingerprint density at radius 1 is 1.16 bits per heavy atom. The first-order chi connectivity index (χ1) is 8.61. The number of Topliss-reactive ketones (excluding diaryl/α,β-unsaturated/α-hetero) is 1. The molecule has 2 rings (SSSR count). The lowest BCUT2D eigenvalue weighted by Gasteiger charge is -2.21. The maximum atomic E-state index is 13.2. The van der Waals surface area contributed by atoms with Crippen LogP contribution in [0.15, 0.2) is 24.3 Å². The molecule has 1 fully saturated rings. The van der Waals surface area contributed by atoms with Crippen LogP contribution in [0.4, 0.5) is 22.0 Å². The van der Waals surface area contributed by atoms with Crippen LogP contribution in [-0.2, 0) is 16.1 Å². The van der Waals surface area contributed by atoms with Gasteiger partial charge in [0, 0.05) is 5.56 Å². The van der Waals surface area contributed by atoms with Gasteiger partial charge in [0.15, 0.2) is 0 Å². The van der Waals surface area contributed by atoms with E-state index in [9.17, 15) is 26.7 Å². The van der Waals surface area contributed by atoms with Gasteiger partial charge in [-0.3, -0.25) is 4.79 Å². The van der Waals surface area contributed by atoms with E-state index in [1.54, 1.807) is 0 Å².